The van der Waals surface area contributed by atoms with E-state index < -0.39 is 26.5 Å². The van der Waals surface area contributed by atoms with Crippen molar-refractivity contribution in [2.24, 2.45) is 0 Å². The number of hydrogen-bond donors (Lipinski definition) is 0. The van der Waals surface area contributed by atoms with Gasteiger partial charge >= 0.3 is 11.9 Å². The molecule has 0 aliphatic heterocycles. The largest absolute Gasteiger partial charge is 0.756 e. The van der Waals surface area contributed by atoms with Crippen LogP contribution in [0.1, 0.15) is 226 Å². The molecule has 0 amide bonds. The lowest BCUT2D eigenvalue weighted by atomic mass is 10.0. The molecule has 0 spiro atoms. The number of likely N-dealkylation sites (N-methyl/N-ethyl adjacent to an activating group) is 1. The van der Waals surface area contributed by atoms with E-state index in [1.165, 1.54) is 141 Å². The predicted molar refractivity (Wildman–Crippen MR) is 236 cm³/mol. The molecular weight excluding hydrogens is 737 g/mol. The fourth-order valence-corrected chi connectivity index (χ4v) is 7.50. The zero-order chi connectivity index (χ0) is 42.1. The Balaban J connectivity index is 4.24. The lowest BCUT2D eigenvalue weighted by Crippen LogP contribution is -2.37. The zero-order valence-electron chi connectivity index (χ0n) is 38.1. The monoisotopic (exact) mass is 830 g/mol. The van der Waals surface area contributed by atoms with Crippen LogP contribution in [-0.2, 0) is 32.7 Å². The molecule has 0 fully saturated rings. The molecule has 2 atom stereocenters. The molecule has 57 heavy (non-hydrogen) atoms. The third kappa shape index (κ3) is 44.1. The highest BCUT2D eigenvalue weighted by atomic mass is 31.2. The number of rotatable bonds is 44. The van der Waals surface area contributed by atoms with Crippen molar-refractivity contribution in [3.8, 4) is 0 Å². The van der Waals surface area contributed by atoms with Gasteiger partial charge in [-0.2, -0.15) is 0 Å². The molecule has 0 aliphatic rings. The minimum Gasteiger partial charge on any atom is -0.756 e. The number of unbranched alkanes of at least 4 members (excludes halogenated alkanes) is 28. The average Bonchev–Trinajstić information content (AvgIpc) is 3.16. The lowest BCUT2D eigenvalue weighted by molar-refractivity contribution is -0.870. The number of quaternary nitrogens is 1. The van der Waals surface area contributed by atoms with Gasteiger partial charge in [-0.1, -0.05) is 187 Å². The number of hydrogen-bond acceptors (Lipinski definition) is 8. The molecular formula is C47H92NO8P. The summed E-state index contributed by atoms with van der Waals surface area (Å²) >= 11 is 0. The van der Waals surface area contributed by atoms with E-state index in [9.17, 15) is 19.0 Å². The van der Waals surface area contributed by atoms with E-state index in [1.54, 1.807) is 0 Å². The van der Waals surface area contributed by atoms with Gasteiger partial charge in [0.25, 0.3) is 7.82 Å². The van der Waals surface area contributed by atoms with Crippen LogP contribution >= 0.6 is 7.82 Å². The molecule has 0 aromatic carbocycles. The van der Waals surface area contributed by atoms with Gasteiger partial charge in [0.15, 0.2) is 6.10 Å². The summed E-state index contributed by atoms with van der Waals surface area (Å²) in [4.78, 5) is 37.6. The summed E-state index contributed by atoms with van der Waals surface area (Å²) in [5, 5.41) is 0. The molecule has 0 radical (unpaired) electrons. The van der Waals surface area contributed by atoms with Crippen molar-refractivity contribution >= 4 is 19.8 Å². The summed E-state index contributed by atoms with van der Waals surface area (Å²) in [6.07, 6.45) is 42.4. The lowest BCUT2D eigenvalue weighted by Gasteiger charge is -2.28. The van der Waals surface area contributed by atoms with E-state index in [4.69, 9.17) is 18.5 Å². The van der Waals surface area contributed by atoms with Gasteiger partial charge < -0.3 is 27.9 Å². The molecule has 0 aromatic rings. The van der Waals surface area contributed by atoms with Crippen molar-refractivity contribution < 1.29 is 42.1 Å². The van der Waals surface area contributed by atoms with Gasteiger partial charge in [0.05, 0.1) is 27.7 Å². The number of esters is 2. The van der Waals surface area contributed by atoms with Crippen molar-refractivity contribution in [3.63, 3.8) is 0 Å². The van der Waals surface area contributed by atoms with Crippen LogP contribution in [0.3, 0.4) is 0 Å². The van der Waals surface area contributed by atoms with Crippen LogP contribution in [0.4, 0.5) is 0 Å². The maximum atomic E-state index is 12.7. The summed E-state index contributed by atoms with van der Waals surface area (Å²) in [5.41, 5.74) is 0. The second-order valence-electron chi connectivity index (χ2n) is 17.5. The number of ether oxygens (including phenoxy) is 2. The van der Waals surface area contributed by atoms with Crippen LogP contribution in [0.25, 0.3) is 0 Å². The molecule has 9 nitrogen and oxygen atoms in total. The second kappa shape index (κ2) is 40.2. The van der Waals surface area contributed by atoms with Crippen LogP contribution < -0.4 is 4.89 Å². The Morgan fingerprint density at radius 1 is 0.526 bits per heavy atom. The van der Waals surface area contributed by atoms with Gasteiger partial charge in [0.1, 0.15) is 19.8 Å². The molecule has 0 saturated heterocycles. The molecule has 0 rings (SSSR count). The van der Waals surface area contributed by atoms with Gasteiger partial charge in [-0.05, 0) is 38.5 Å². The number of carbonyl (C=O) groups is 2. The Morgan fingerprint density at radius 2 is 0.895 bits per heavy atom. The van der Waals surface area contributed by atoms with E-state index in [2.05, 4.69) is 26.0 Å². The molecule has 0 aromatic heterocycles. The minimum atomic E-state index is -4.62. The summed E-state index contributed by atoms with van der Waals surface area (Å²) < 4.78 is 34.0. The summed E-state index contributed by atoms with van der Waals surface area (Å²) in [6, 6.07) is 0. The molecule has 338 valence electrons. The first-order chi connectivity index (χ1) is 27.5. The highest BCUT2D eigenvalue weighted by Crippen LogP contribution is 2.38. The van der Waals surface area contributed by atoms with Crippen LogP contribution in [-0.4, -0.2) is 70.0 Å². The number of phosphoric ester groups is 1. The Morgan fingerprint density at radius 3 is 1.32 bits per heavy atom. The quantitative estimate of drug-likeness (QED) is 0.0196. The molecule has 0 bridgehead atoms. The first kappa shape index (κ1) is 55.8. The highest BCUT2D eigenvalue weighted by Gasteiger charge is 2.21. The van der Waals surface area contributed by atoms with E-state index in [0.29, 0.717) is 17.4 Å². The third-order valence-corrected chi connectivity index (χ3v) is 11.5. The molecule has 0 N–H and O–H groups in total. The highest BCUT2D eigenvalue weighted by molar-refractivity contribution is 7.45. The van der Waals surface area contributed by atoms with Crippen molar-refractivity contribution in [3.05, 3.63) is 12.2 Å². The van der Waals surface area contributed by atoms with Crippen LogP contribution in [0.2, 0.25) is 0 Å². The summed E-state index contributed by atoms with van der Waals surface area (Å²) in [6.45, 7) is 4.24. The normalized spacial score (nSPS) is 13.6. The van der Waals surface area contributed by atoms with Crippen molar-refractivity contribution in [2.75, 3.05) is 47.5 Å². The first-order valence-electron chi connectivity index (χ1n) is 23.9. The van der Waals surface area contributed by atoms with E-state index in [-0.39, 0.29) is 32.0 Å². The Labute approximate surface area is 352 Å². The molecule has 0 saturated carbocycles. The van der Waals surface area contributed by atoms with E-state index in [0.717, 1.165) is 51.4 Å². The minimum absolute atomic E-state index is 0.0288. The summed E-state index contributed by atoms with van der Waals surface area (Å²) in [5.74, 6) is -0.833. The van der Waals surface area contributed by atoms with Crippen molar-refractivity contribution in [1.29, 1.82) is 0 Å². The van der Waals surface area contributed by atoms with Crippen molar-refractivity contribution in [2.45, 2.75) is 232 Å². The van der Waals surface area contributed by atoms with Crippen LogP contribution in [0.5, 0.6) is 0 Å². The third-order valence-electron chi connectivity index (χ3n) is 10.5. The number of carbonyl (C=O) groups excluding carboxylic acids is 2. The van der Waals surface area contributed by atoms with Gasteiger partial charge in [0, 0.05) is 12.8 Å². The zero-order valence-corrected chi connectivity index (χ0v) is 38.9. The van der Waals surface area contributed by atoms with Gasteiger partial charge in [-0.3, -0.25) is 14.2 Å². The maximum Gasteiger partial charge on any atom is 0.306 e. The Bertz CT molecular complexity index is 985. The smallest absolute Gasteiger partial charge is 0.306 e. The SMILES string of the molecule is CCCCCC/C=C/CCCCCCCC(=O)OC[C@H](COP(=O)([O-])OCC[N+](C)(C)C)OC(=O)CCCCCCCCCCCCCCCCCCCCCC. The topological polar surface area (TPSA) is 111 Å². The maximum absolute atomic E-state index is 12.7. The standard InChI is InChI=1S/C47H92NO8P/c1-6-8-10-12-14-16-18-20-21-22-23-24-25-26-28-30-32-34-36-38-40-47(50)56-45(44-55-57(51,52)54-42-41-48(3,4)5)43-53-46(49)39-37-35-33-31-29-27-19-17-15-13-11-9-7-2/h17,19,45H,6-16,18,20-44H2,1-5H3/b19-17+/t45-/m1/s1. The molecule has 1 unspecified atom stereocenters. The number of allylic oxidation sites excluding steroid dienone is 2. The molecule has 0 aliphatic carbocycles. The molecule has 0 heterocycles. The number of phosphoric acid groups is 1. The van der Waals surface area contributed by atoms with Crippen molar-refractivity contribution in [1.82, 2.24) is 0 Å². The van der Waals surface area contributed by atoms with E-state index in [1.807, 2.05) is 21.1 Å². The van der Waals surface area contributed by atoms with Crippen LogP contribution in [0.15, 0.2) is 12.2 Å². The Hall–Kier alpha value is -1.25. The fraction of sp³-hybridized carbons (Fsp3) is 0.915. The predicted octanol–water partition coefficient (Wildman–Crippen LogP) is 13.1. The summed E-state index contributed by atoms with van der Waals surface area (Å²) in [7, 11) is 1.17. The average molecular weight is 830 g/mol. The van der Waals surface area contributed by atoms with Gasteiger partial charge in [0.2, 0.25) is 0 Å². The first-order valence-corrected chi connectivity index (χ1v) is 25.4. The van der Waals surface area contributed by atoms with Crippen LogP contribution in [0, 0.1) is 0 Å². The second-order valence-corrected chi connectivity index (χ2v) is 18.9. The van der Waals surface area contributed by atoms with E-state index >= 15 is 0 Å². The van der Waals surface area contributed by atoms with Gasteiger partial charge in [-0.25, -0.2) is 0 Å². The number of nitrogens with zero attached hydrogens (tertiary/aromatic N) is 1. The van der Waals surface area contributed by atoms with Gasteiger partial charge in [-0.15, -0.1) is 0 Å². The fourth-order valence-electron chi connectivity index (χ4n) is 6.77. The molecule has 10 heteroatoms. The Kier molecular flexibility index (Phi) is 39.3.